The molecule has 0 aliphatic heterocycles. The van der Waals surface area contributed by atoms with Crippen LogP contribution in [0.25, 0.3) is 0 Å². The molecule has 0 spiro atoms. The van der Waals surface area contributed by atoms with E-state index in [-0.39, 0.29) is 16.5 Å². The molecule has 0 saturated heterocycles. The lowest BCUT2D eigenvalue weighted by Gasteiger charge is -2.49. The summed E-state index contributed by atoms with van der Waals surface area (Å²) >= 11 is 0. The third-order valence-corrected chi connectivity index (χ3v) is 4.08. The molecule has 5 N–H and O–H groups in total. The van der Waals surface area contributed by atoms with Gasteiger partial charge in [0.25, 0.3) is 0 Å². The van der Waals surface area contributed by atoms with Gasteiger partial charge in [0.15, 0.2) is 0 Å². The molecule has 0 heterocycles. The van der Waals surface area contributed by atoms with Crippen LogP contribution in [-0.2, 0) is 0 Å². The number of nitrogens with one attached hydrogen (secondary N) is 1. The Morgan fingerprint density at radius 1 is 1.00 bits per heavy atom. The van der Waals surface area contributed by atoms with Crippen LogP contribution in [0.4, 0.5) is 0 Å². The quantitative estimate of drug-likeness (QED) is 0.624. The van der Waals surface area contributed by atoms with Crippen LogP contribution in [0, 0.1) is 5.41 Å². The van der Waals surface area contributed by atoms with Gasteiger partial charge in [-0.2, -0.15) is 0 Å². The maximum atomic E-state index is 6.87. The van der Waals surface area contributed by atoms with Crippen molar-refractivity contribution >= 4 is 0 Å². The molecule has 0 aliphatic rings. The number of hydrogen-bond acceptors (Lipinski definition) is 3. The molecule has 0 aromatic rings. The third kappa shape index (κ3) is 5.80. The standard InChI is InChI=1S/C16H37N3/c1-8-13(19-15(5,6)7)16(18,14(2,3)4)11-9-10-12-17/h13,19H,8-12,17-18H2,1-7H3. The molecule has 0 aromatic carbocycles. The Balaban J connectivity index is 5.08. The highest BCUT2D eigenvalue weighted by Gasteiger charge is 2.44. The van der Waals surface area contributed by atoms with E-state index in [1.165, 1.54) is 0 Å². The summed E-state index contributed by atoms with van der Waals surface area (Å²) in [5.41, 5.74) is 12.4. The monoisotopic (exact) mass is 271 g/mol. The van der Waals surface area contributed by atoms with Crippen molar-refractivity contribution in [3.63, 3.8) is 0 Å². The van der Waals surface area contributed by atoms with Crippen molar-refractivity contribution in [1.82, 2.24) is 5.32 Å². The maximum absolute atomic E-state index is 6.87. The molecule has 0 aliphatic carbocycles. The summed E-state index contributed by atoms with van der Waals surface area (Å²) in [7, 11) is 0. The smallest absolute Gasteiger partial charge is 0.0359 e. The molecule has 0 amide bonds. The predicted molar refractivity (Wildman–Crippen MR) is 86.2 cm³/mol. The van der Waals surface area contributed by atoms with Crippen molar-refractivity contribution in [3.8, 4) is 0 Å². The zero-order valence-electron chi connectivity index (χ0n) is 14.3. The lowest BCUT2D eigenvalue weighted by atomic mass is 9.66. The zero-order chi connectivity index (χ0) is 15.3. The number of unbranched alkanes of at least 4 members (excludes halogenated alkanes) is 1. The van der Waals surface area contributed by atoms with E-state index in [0.29, 0.717) is 6.04 Å². The van der Waals surface area contributed by atoms with Crippen LogP contribution in [0.15, 0.2) is 0 Å². The molecule has 0 radical (unpaired) electrons. The van der Waals surface area contributed by atoms with E-state index in [1.807, 2.05) is 0 Å². The first-order valence-corrected chi connectivity index (χ1v) is 7.74. The molecule has 19 heavy (non-hydrogen) atoms. The lowest BCUT2D eigenvalue weighted by molar-refractivity contribution is 0.0995. The topological polar surface area (TPSA) is 64.1 Å². The average molecular weight is 271 g/mol. The Morgan fingerprint density at radius 2 is 1.53 bits per heavy atom. The van der Waals surface area contributed by atoms with Gasteiger partial charge >= 0.3 is 0 Å². The van der Waals surface area contributed by atoms with Gasteiger partial charge in [0.05, 0.1) is 0 Å². The Bertz CT molecular complexity index is 250. The molecule has 116 valence electrons. The second-order valence-electron chi connectivity index (χ2n) is 7.89. The van der Waals surface area contributed by atoms with Gasteiger partial charge in [-0.1, -0.05) is 34.1 Å². The van der Waals surface area contributed by atoms with Gasteiger partial charge < -0.3 is 16.8 Å². The van der Waals surface area contributed by atoms with Gasteiger partial charge in [-0.05, 0) is 52.0 Å². The van der Waals surface area contributed by atoms with Gasteiger partial charge in [0.2, 0.25) is 0 Å². The molecule has 2 unspecified atom stereocenters. The van der Waals surface area contributed by atoms with Crippen molar-refractivity contribution < 1.29 is 0 Å². The van der Waals surface area contributed by atoms with Crippen LogP contribution in [0.3, 0.4) is 0 Å². The van der Waals surface area contributed by atoms with Crippen LogP contribution < -0.4 is 16.8 Å². The first kappa shape index (κ1) is 18.9. The average Bonchev–Trinajstić information content (AvgIpc) is 2.23. The Morgan fingerprint density at radius 3 is 1.84 bits per heavy atom. The second-order valence-corrected chi connectivity index (χ2v) is 7.89. The van der Waals surface area contributed by atoms with Gasteiger partial charge in [-0.15, -0.1) is 0 Å². The normalized spacial score (nSPS) is 18.2. The summed E-state index contributed by atoms with van der Waals surface area (Å²) in [4.78, 5) is 0. The van der Waals surface area contributed by atoms with E-state index in [2.05, 4.69) is 53.8 Å². The van der Waals surface area contributed by atoms with E-state index >= 15 is 0 Å². The van der Waals surface area contributed by atoms with Gasteiger partial charge in [0, 0.05) is 17.1 Å². The van der Waals surface area contributed by atoms with Gasteiger partial charge in [0.1, 0.15) is 0 Å². The molecule has 2 atom stereocenters. The van der Waals surface area contributed by atoms with Gasteiger partial charge in [-0.25, -0.2) is 0 Å². The number of hydrogen-bond donors (Lipinski definition) is 3. The minimum Gasteiger partial charge on any atom is -0.330 e. The summed E-state index contributed by atoms with van der Waals surface area (Å²) in [5.74, 6) is 0. The van der Waals surface area contributed by atoms with Crippen molar-refractivity contribution in [2.45, 2.75) is 91.3 Å². The zero-order valence-corrected chi connectivity index (χ0v) is 14.3. The fraction of sp³-hybridized carbons (Fsp3) is 1.00. The maximum Gasteiger partial charge on any atom is 0.0359 e. The molecule has 3 nitrogen and oxygen atoms in total. The van der Waals surface area contributed by atoms with E-state index in [1.54, 1.807) is 0 Å². The van der Waals surface area contributed by atoms with Crippen LogP contribution in [0.5, 0.6) is 0 Å². The highest BCUT2D eigenvalue weighted by Crippen LogP contribution is 2.37. The van der Waals surface area contributed by atoms with Crippen molar-refractivity contribution in [1.29, 1.82) is 0 Å². The summed E-state index contributed by atoms with van der Waals surface area (Å²) in [6.07, 6.45) is 4.23. The highest BCUT2D eigenvalue weighted by atomic mass is 15.0. The Hall–Kier alpha value is -0.120. The highest BCUT2D eigenvalue weighted by molar-refractivity contribution is 5.05. The van der Waals surface area contributed by atoms with E-state index in [9.17, 15) is 0 Å². The molecule has 0 fully saturated rings. The third-order valence-electron chi connectivity index (χ3n) is 4.08. The number of rotatable bonds is 7. The van der Waals surface area contributed by atoms with Crippen molar-refractivity contribution in [3.05, 3.63) is 0 Å². The van der Waals surface area contributed by atoms with Crippen LogP contribution >= 0.6 is 0 Å². The largest absolute Gasteiger partial charge is 0.330 e. The predicted octanol–water partition coefficient (Wildman–Crippen LogP) is 3.03. The fourth-order valence-electron chi connectivity index (χ4n) is 2.75. The van der Waals surface area contributed by atoms with E-state index < -0.39 is 0 Å². The SMILES string of the molecule is CCC(NC(C)(C)C)C(N)(CCCCN)C(C)(C)C. The molecular formula is C16H37N3. The Labute approximate surface area is 120 Å². The fourth-order valence-corrected chi connectivity index (χ4v) is 2.75. The van der Waals surface area contributed by atoms with E-state index in [4.69, 9.17) is 11.5 Å². The summed E-state index contributed by atoms with van der Waals surface area (Å²) < 4.78 is 0. The molecule has 0 rings (SSSR count). The molecular weight excluding hydrogens is 234 g/mol. The van der Waals surface area contributed by atoms with Crippen LogP contribution in [0.1, 0.15) is 74.1 Å². The van der Waals surface area contributed by atoms with Gasteiger partial charge in [-0.3, -0.25) is 0 Å². The summed E-state index contributed by atoms with van der Waals surface area (Å²) in [5, 5.41) is 3.72. The molecule has 0 bridgehead atoms. The van der Waals surface area contributed by atoms with Crippen LogP contribution in [0.2, 0.25) is 0 Å². The second kappa shape index (κ2) is 7.05. The first-order chi connectivity index (χ1) is 8.48. The molecule has 0 aromatic heterocycles. The number of nitrogens with two attached hydrogens (primary N) is 2. The molecule has 0 saturated carbocycles. The Kier molecular flexibility index (Phi) is 7.01. The van der Waals surface area contributed by atoms with Crippen molar-refractivity contribution in [2.24, 2.45) is 16.9 Å². The summed E-state index contributed by atoms with van der Waals surface area (Å²) in [6.45, 7) is 16.4. The summed E-state index contributed by atoms with van der Waals surface area (Å²) in [6, 6.07) is 0.324. The van der Waals surface area contributed by atoms with Crippen LogP contribution in [-0.4, -0.2) is 23.7 Å². The molecule has 3 heteroatoms. The first-order valence-electron chi connectivity index (χ1n) is 7.74. The lowest BCUT2D eigenvalue weighted by Crippen LogP contribution is -2.66. The minimum absolute atomic E-state index is 0.0700. The van der Waals surface area contributed by atoms with Crippen molar-refractivity contribution in [2.75, 3.05) is 6.54 Å². The minimum atomic E-state index is -0.204. The van der Waals surface area contributed by atoms with E-state index in [0.717, 1.165) is 32.2 Å².